The van der Waals surface area contributed by atoms with Gasteiger partial charge in [-0.3, -0.25) is 4.79 Å². The number of carbonyl (C=O) groups is 1. The van der Waals surface area contributed by atoms with Crippen molar-refractivity contribution >= 4 is 17.3 Å². The van der Waals surface area contributed by atoms with E-state index in [1.807, 2.05) is 30.3 Å². The highest BCUT2D eigenvalue weighted by Crippen LogP contribution is 2.21. The van der Waals surface area contributed by atoms with Crippen LogP contribution >= 0.6 is 0 Å². The zero-order valence-electron chi connectivity index (χ0n) is 14.1. The minimum absolute atomic E-state index is 0.0467. The summed E-state index contributed by atoms with van der Waals surface area (Å²) < 4.78 is 5.37. The van der Waals surface area contributed by atoms with E-state index in [0.717, 1.165) is 32.0 Å². The van der Waals surface area contributed by atoms with Crippen molar-refractivity contribution in [1.29, 1.82) is 0 Å². The smallest absolute Gasteiger partial charge is 0.224 e. The Morgan fingerprint density at radius 2 is 1.75 bits per heavy atom. The second-order valence-corrected chi connectivity index (χ2v) is 6.21. The van der Waals surface area contributed by atoms with Crippen LogP contribution in [0.1, 0.15) is 24.8 Å². The average Bonchev–Trinajstić information content (AvgIpc) is 2.64. The van der Waals surface area contributed by atoms with Gasteiger partial charge in [-0.2, -0.15) is 0 Å². The molecular formula is C20H24N2O2. The molecule has 0 aliphatic carbocycles. The van der Waals surface area contributed by atoms with Crippen LogP contribution in [-0.2, 0) is 9.53 Å². The van der Waals surface area contributed by atoms with Gasteiger partial charge in [0.1, 0.15) is 0 Å². The summed E-state index contributed by atoms with van der Waals surface area (Å²) in [5, 5.41) is 2.99. The van der Waals surface area contributed by atoms with Crippen LogP contribution in [0.3, 0.4) is 0 Å². The Balaban J connectivity index is 1.54. The Morgan fingerprint density at radius 3 is 2.42 bits per heavy atom. The number of hydrogen-bond donors (Lipinski definition) is 1. The summed E-state index contributed by atoms with van der Waals surface area (Å²) in [7, 11) is 0. The van der Waals surface area contributed by atoms with E-state index in [4.69, 9.17) is 4.74 Å². The van der Waals surface area contributed by atoms with Crippen LogP contribution in [0.15, 0.2) is 54.6 Å². The third-order valence-electron chi connectivity index (χ3n) is 4.39. The van der Waals surface area contributed by atoms with Gasteiger partial charge >= 0.3 is 0 Å². The van der Waals surface area contributed by atoms with Crippen molar-refractivity contribution in [3.63, 3.8) is 0 Å². The summed E-state index contributed by atoms with van der Waals surface area (Å²) in [5.74, 6) is 0.254. The monoisotopic (exact) mass is 324 g/mol. The number of carbonyl (C=O) groups excluding carboxylic acids is 1. The molecule has 0 radical (unpaired) electrons. The molecular weight excluding hydrogens is 300 g/mol. The first-order valence-electron chi connectivity index (χ1n) is 8.50. The Bertz CT molecular complexity index is 649. The van der Waals surface area contributed by atoms with Crippen molar-refractivity contribution < 1.29 is 9.53 Å². The lowest BCUT2D eigenvalue weighted by atomic mass is 9.97. The molecule has 1 atom stereocenters. The molecule has 4 heteroatoms. The second kappa shape index (κ2) is 7.97. The predicted octanol–water partition coefficient (Wildman–Crippen LogP) is 3.66. The molecule has 126 valence electrons. The molecule has 0 bridgehead atoms. The largest absolute Gasteiger partial charge is 0.378 e. The van der Waals surface area contributed by atoms with Crippen LogP contribution in [0.2, 0.25) is 0 Å². The lowest BCUT2D eigenvalue weighted by Gasteiger charge is -2.28. The topological polar surface area (TPSA) is 41.6 Å². The van der Waals surface area contributed by atoms with Crippen molar-refractivity contribution in [1.82, 2.24) is 0 Å². The molecule has 2 aromatic carbocycles. The number of anilines is 2. The van der Waals surface area contributed by atoms with Gasteiger partial charge in [0.15, 0.2) is 0 Å². The molecule has 1 fully saturated rings. The molecule has 2 aromatic rings. The van der Waals surface area contributed by atoms with E-state index in [1.54, 1.807) is 0 Å². The van der Waals surface area contributed by atoms with Crippen molar-refractivity contribution in [3.8, 4) is 0 Å². The highest BCUT2D eigenvalue weighted by Gasteiger charge is 2.13. The minimum atomic E-state index is 0.0467. The summed E-state index contributed by atoms with van der Waals surface area (Å²) in [6, 6.07) is 18.2. The first-order valence-corrected chi connectivity index (χ1v) is 8.50. The fraction of sp³-hybridized carbons (Fsp3) is 0.350. The van der Waals surface area contributed by atoms with Crippen molar-refractivity contribution in [3.05, 3.63) is 60.2 Å². The first kappa shape index (κ1) is 16.5. The number of nitrogens with one attached hydrogen (secondary N) is 1. The molecule has 3 rings (SSSR count). The molecule has 0 aromatic heterocycles. The van der Waals surface area contributed by atoms with Crippen LogP contribution in [0.25, 0.3) is 0 Å². The highest BCUT2D eigenvalue weighted by molar-refractivity contribution is 5.91. The fourth-order valence-corrected chi connectivity index (χ4v) is 2.97. The second-order valence-electron chi connectivity index (χ2n) is 6.21. The number of hydrogen-bond acceptors (Lipinski definition) is 3. The van der Waals surface area contributed by atoms with Crippen molar-refractivity contribution in [2.24, 2.45) is 0 Å². The predicted molar refractivity (Wildman–Crippen MR) is 97.6 cm³/mol. The van der Waals surface area contributed by atoms with Gasteiger partial charge in [0, 0.05) is 30.9 Å². The summed E-state index contributed by atoms with van der Waals surface area (Å²) in [6.45, 7) is 5.46. The molecule has 4 nitrogen and oxygen atoms in total. The van der Waals surface area contributed by atoms with Gasteiger partial charge in [0.25, 0.3) is 0 Å². The van der Waals surface area contributed by atoms with E-state index in [9.17, 15) is 4.79 Å². The molecule has 1 N–H and O–H groups in total. The third-order valence-corrected chi connectivity index (χ3v) is 4.39. The molecule has 1 aliphatic rings. The van der Waals surface area contributed by atoms with Crippen molar-refractivity contribution in [2.45, 2.75) is 19.3 Å². The van der Waals surface area contributed by atoms with Gasteiger partial charge in [-0.05, 0) is 35.7 Å². The molecule has 1 aliphatic heterocycles. The summed E-state index contributed by atoms with van der Waals surface area (Å²) in [4.78, 5) is 14.5. The Hall–Kier alpha value is -2.33. The molecule has 1 saturated heterocycles. The highest BCUT2D eigenvalue weighted by atomic mass is 16.5. The number of benzene rings is 2. The SMILES string of the molecule is C[C@@H](CC(=O)Nc1ccc(N2CCOCC2)cc1)c1ccccc1. The number of ether oxygens (including phenoxy) is 1. The van der Waals surface area contributed by atoms with Gasteiger partial charge < -0.3 is 15.0 Å². The van der Waals surface area contributed by atoms with E-state index >= 15 is 0 Å². The maximum atomic E-state index is 12.2. The summed E-state index contributed by atoms with van der Waals surface area (Å²) >= 11 is 0. The molecule has 0 unspecified atom stereocenters. The molecule has 1 amide bonds. The number of morpholine rings is 1. The maximum Gasteiger partial charge on any atom is 0.224 e. The summed E-state index contributed by atoms with van der Waals surface area (Å²) in [5.41, 5.74) is 3.21. The average molecular weight is 324 g/mol. The van der Waals surface area contributed by atoms with Crippen LogP contribution in [-0.4, -0.2) is 32.2 Å². The van der Waals surface area contributed by atoms with E-state index in [-0.39, 0.29) is 11.8 Å². The van der Waals surface area contributed by atoms with E-state index in [0.29, 0.717) is 6.42 Å². The van der Waals surface area contributed by atoms with Gasteiger partial charge in [-0.25, -0.2) is 0 Å². The lowest BCUT2D eigenvalue weighted by molar-refractivity contribution is -0.116. The van der Waals surface area contributed by atoms with Gasteiger partial charge in [0.05, 0.1) is 13.2 Å². The van der Waals surface area contributed by atoms with Gasteiger partial charge in [-0.15, -0.1) is 0 Å². The van der Waals surface area contributed by atoms with E-state index in [1.165, 1.54) is 11.3 Å². The Morgan fingerprint density at radius 1 is 1.08 bits per heavy atom. The van der Waals surface area contributed by atoms with Crippen LogP contribution in [0.5, 0.6) is 0 Å². The number of nitrogens with zero attached hydrogens (tertiary/aromatic N) is 1. The normalized spacial score (nSPS) is 15.8. The third kappa shape index (κ3) is 4.36. The quantitative estimate of drug-likeness (QED) is 0.912. The Labute approximate surface area is 143 Å². The minimum Gasteiger partial charge on any atom is -0.378 e. The van der Waals surface area contributed by atoms with Crippen LogP contribution in [0.4, 0.5) is 11.4 Å². The maximum absolute atomic E-state index is 12.2. The number of rotatable bonds is 5. The zero-order chi connectivity index (χ0) is 16.8. The van der Waals surface area contributed by atoms with E-state index in [2.05, 4.69) is 41.4 Å². The fourth-order valence-electron chi connectivity index (χ4n) is 2.97. The molecule has 24 heavy (non-hydrogen) atoms. The zero-order valence-corrected chi connectivity index (χ0v) is 14.1. The lowest BCUT2D eigenvalue weighted by Crippen LogP contribution is -2.36. The Kier molecular flexibility index (Phi) is 5.49. The van der Waals surface area contributed by atoms with E-state index < -0.39 is 0 Å². The number of amides is 1. The van der Waals surface area contributed by atoms with Gasteiger partial charge in [-0.1, -0.05) is 37.3 Å². The van der Waals surface area contributed by atoms with Crippen molar-refractivity contribution in [2.75, 3.05) is 36.5 Å². The molecule has 1 heterocycles. The molecule has 0 saturated carbocycles. The standard InChI is InChI=1S/C20H24N2O2/c1-16(17-5-3-2-4-6-17)15-20(23)21-18-7-9-19(10-8-18)22-11-13-24-14-12-22/h2-10,16H,11-15H2,1H3,(H,21,23)/t16-/m0/s1. The summed E-state index contributed by atoms with van der Waals surface area (Å²) in [6.07, 6.45) is 0.481. The first-order chi connectivity index (χ1) is 11.7. The van der Waals surface area contributed by atoms with Crippen LogP contribution < -0.4 is 10.2 Å². The molecule has 0 spiro atoms. The van der Waals surface area contributed by atoms with Crippen LogP contribution in [0, 0.1) is 0 Å². The van der Waals surface area contributed by atoms with Gasteiger partial charge in [0.2, 0.25) is 5.91 Å².